The van der Waals surface area contributed by atoms with Crippen LogP contribution in [-0.4, -0.2) is 79.6 Å². The third-order valence-electron chi connectivity index (χ3n) is 5.52. The molecule has 9 nitrogen and oxygen atoms in total. The Labute approximate surface area is 186 Å². The molecule has 4 rings (SSSR count). The Hall–Kier alpha value is -3.24. The maximum absolute atomic E-state index is 12.5. The number of benzene rings is 2. The van der Waals surface area contributed by atoms with Gasteiger partial charge in [-0.15, -0.1) is 0 Å². The molecule has 32 heavy (non-hydrogen) atoms. The van der Waals surface area contributed by atoms with Crippen LogP contribution in [0.15, 0.2) is 59.5 Å². The summed E-state index contributed by atoms with van der Waals surface area (Å²) in [7, 11) is -4.10. The van der Waals surface area contributed by atoms with Crippen molar-refractivity contribution in [2.24, 2.45) is 0 Å². The largest absolute Gasteiger partial charge is 0.454 e. The minimum absolute atomic E-state index is 0.0183. The number of amides is 2. The highest BCUT2D eigenvalue weighted by molar-refractivity contribution is 7.90. The van der Waals surface area contributed by atoms with Gasteiger partial charge in [0.1, 0.15) is 11.4 Å². The van der Waals surface area contributed by atoms with Crippen molar-refractivity contribution in [3.63, 3.8) is 0 Å². The van der Waals surface area contributed by atoms with E-state index in [1.165, 1.54) is 23.8 Å². The van der Waals surface area contributed by atoms with Crippen molar-refractivity contribution in [2.45, 2.75) is 11.4 Å². The van der Waals surface area contributed by atoms with Gasteiger partial charge in [0.05, 0.1) is 5.56 Å². The van der Waals surface area contributed by atoms with Crippen molar-refractivity contribution < 1.29 is 27.5 Å². The number of hydrogen-bond donors (Lipinski definition) is 0. The standard InChI is InChI=1S/C22H23N3O6S/c26-20(24-12-10-23(11-13-24)14-17-6-2-1-3-7-17)16-31-21(27)15-25-22(28)18-8-4-5-9-19(18)32(25,29)30/h1-9H,10-16H2. The van der Waals surface area contributed by atoms with Crippen molar-refractivity contribution in [1.82, 2.24) is 14.1 Å². The molecule has 2 aromatic carbocycles. The number of sulfonamides is 1. The molecule has 0 saturated carbocycles. The van der Waals surface area contributed by atoms with E-state index in [9.17, 15) is 22.8 Å². The molecule has 0 atom stereocenters. The minimum atomic E-state index is -4.10. The van der Waals surface area contributed by atoms with Gasteiger partial charge in [0.15, 0.2) is 6.61 Å². The summed E-state index contributed by atoms with van der Waals surface area (Å²) in [5, 5.41) is 0. The molecule has 2 aliphatic heterocycles. The van der Waals surface area contributed by atoms with E-state index in [1.54, 1.807) is 11.0 Å². The molecule has 0 radical (unpaired) electrons. The minimum Gasteiger partial charge on any atom is -0.454 e. The van der Waals surface area contributed by atoms with E-state index in [0.717, 1.165) is 6.54 Å². The Bertz CT molecular complexity index is 1130. The highest BCUT2D eigenvalue weighted by Gasteiger charge is 2.42. The zero-order chi connectivity index (χ0) is 22.7. The normalized spacial score (nSPS) is 17.8. The van der Waals surface area contributed by atoms with Crippen LogP contribution in [0.25, 0.3) is 0 Å². The summed E-state index contributed by atoms with van der Waals surface area (Å²) in [5.74, 6) is -2.08. The van der Waals surface area contributed by atoms with E-state index in [0.29, 0.717) is 30.5 Å². The van der Waals surface area contributed by atoms with Crippen LogP contribution in [0.1, 0.15) is 15.9 Å². The third-order valence-corrected chi connectivity index (χ3v) is 7.30. The van der Waals surface area contributed by atoms with Gasteiger partial charge in [-0.1, -0.05) is 42.5 Å². The van der Waals surface area contributed by atoms with Gasteiger partial charge in [-0.05, 0) is 17.7 Å². The number of fused-ring (bicyclic) bond motifs is 1. The van der Waals surface area contributed by atoms with Crippen molar-refractivity contribution in [1.29, 1.82) is 0 Å². The van der Waals surface area contributed by atoms with Gasteiger partial charge in [0.2, 0.25) is 0 Å². The highest BCUT2D eigenvalue weighted by atomic mass is 32.2. The van der Waals surface area contributed by atoms with Crippen LogP contribution in [0.2, 0.25) is 0 Å². The number of esters is 1. The lowest BCUT2D eigenvalue weighted by molar-refractivity contribution is -0.152. The summed E-state index contributed by atoms with van der Waals surface area (Å²) in [6, 6.07) is 15.8. The van der Waals surface area contributed by atoms with Crippen molar-refractivity contribution in [2.75, 3.05) is 39.3 Å². The summed E-state index contributed by atoms with van der Waals surface area (Å²) in [6.07, 6.45) is 0. The summed E-state index contributed by atoms with van der Waals surface area (Å²) in [4.78, 5) is 40.6. The van der Waals surface area contributed by atoms with Crippen molar-refractivity contribution >= 4 is 27.8 Å². The second-order valence-electron chi connectivity index (χ2n) is 7.62. The number of ether oxygens (including phenoxy) is 1. The molecule has 2 aromatic rings. The zero-order valence-electron chi connectivity index (χ0n) is 17.3. The molecular formula is C22H23N3O6S. The van der Waals surface area contributed by atoms with Gasteiger partial charge in [0.25, 0.3) is 21.8 Å². The lowest BCUT2D eigenvalue weighted by Crippen LogP contribution is -2.49. The van der Waals surface area contributed by atoms with Crippen LogP contribution >= 0.6 is 0 Å². The molecule has 0 bridgehead atoms. The summed E-state index contributed by atoms with van der Waals surface area (Å²) >= 11 is 0. The van der Waals surface area contributed by atoms with E-state index < -0.39 is 35.1 Å². The highest BCUT2D eigenvalue weighted by Crippen LogP contribution is 2.29. The molecule has 2 aliphatic rings. The second-order valence-corrected chi connectivity index (χ2v) is 9.45. The number of carbonyl (C=O) groups excluding carboxylic acids is 3. The fraction of sp³-hybridized carbons (Fsp3) is 0.318. The van der Waals surface area contributed by atoms with Crippen LogP contribution in [-0.2, 0) is 30.9 Å². The number of piperazine rings is 1. The van der Waals surface area contributed by atoms with E-state index in [1.807, 2.05) is 18.2 Å². The van der Waals surface area contributed by atoms with Crippen molar-refractivity contribution in [3.8, 4) is 0 Å². The monoisotopic (exact) mass is 457 g/mol. The van der Waals surface area contributed by atoms with Gasteiger partial charge in [-0.25, -0.2) is 12.7 Å². The molecule has 0 spiro atoms. The molecule has 0 N–H and O–H groups in total. The Morgan fingerprint density at radius 2 is 1.56 bits per heavy atom. The van der Waals surface area contributed by atoms with E-state index >= 15 is 0 Å². The molecule has 2 amide bonds. The molecule has 0 unspecified atom stereocenters. The smallest absolute Gasteiger partial charge is 0.327 e. The first-order valence-electron chi connectivity index (χ1n) is 10.2. The Morgan fingerprint density at radius 1 is 0.906 bits per heavy atom. The van der Waals surface area contributed by atoms with Crippen LogP contribution in [0.3, 0.4) is 0 Å². The average Bonchev–Trinajstić information content (AvgIpc) is 2.99. The van der Waals surface area contributed by atoms with Crippen molar-refractivity contribution in [3.05, 3.63) is 65.7 Å². The fourth-order valence-electron chi connectivity index (χ4n) is 3.78. The SMILES string of the molecule is O=C(CN1C(=O)c2ccccc2S1(=O)=O)OCC(=O)N1CCN(Cc2ccccc2)CC1. The van der Waals surface area contributed by atoms with E-state index in [4.69, 9.17) is 4.74 Å². The molecule has 1 saturated heterocycles. The summed E-state index contributed by atoms with van der Waals surface area (Å²) < 4.78 is 30.4. The maximum Gasteiger partial charge on any atom is 0.327 e. The topological polar surface area (TPSA) is 104 Å². The molecule has 0 aromatic heterocycles. The molecule has 0 aliphatic carbocycles. The molecule has 2 heterocycles. The Balaban J connectivity index is 1.24. The molecule has 10 heteroatoms. The summed E-state index contributed by atoms with van der Waals surface area (Å²) in [6.45, 7) is 1.97. The van der Waals surface area contributed by atoms with Crippen LogP contribution in [0.4, 0.5) is 0 Å². The number of hydrogen-bond acceptors (Lipinski definition) is 7. The first kappa shape index (κ1) is 22.0. The first-order valence-corrected chi connectivity index (χ1v) is 11.7. The van der Waals surface area contributed by atoms with Gasteiger partial charge in [-0.3, -0.25) is 19.3 Å². The molecule has 1 fully saturated rings. The van der Waals surface area contributed by atoms with Gasteiger partial charge in [0, 0.05) is 32.7 Å². The van der Waals surface area contributed by atoms with E-state index in [-0.39, 0.29) is 16.4 Å². The molecular weight excluding hydrogens is 434 g/mol. The quantitative estimate of drug-likeness (QED) is 0.589. The van der Waals surface area contributed by atoms with Gasteiger partial charge >= 0.3 is 5.97 Å². The third kappa shape index (κ3) is 4.51. The number of nitrogens with zero attached hydrogens (tertiary/aromatic N) is 3. The fourth-order valence-corrected chi connectivity index (χ4v) is 5.29. The zero-order valence-corrected chi connectivity index (χ0v) is 18.2. The predicted octanol–water partition coefficient (Wildman–Crippen LogP) is 0.719. The lowest BCUT2D eigenvalue weighted by atomic mass is 10.2. The van der Waals surface area contributed by atoms with Gasteiger partial charge < -0.3 is 9.64 Å². The number of rotatable bonds is 6. The number of carbonyl (C=O) groups is 3. The van der Waals surface area contributed by atoms with Crippen LogP contribution in [0, 0.1) is 0 Å². The van der Waals surface area contributed by atoms with Crippen LogP contribution < -0.4 is 0 Å². The van der Waals surface area contributed by atoms with Crippen LogP contribution in [0.5, 0.6) is 0 Å². The molecule has 168 valence electrons. The second kappa shape index (κ2) is 9.09. The lowest BCUT2D eigenvalue weighted by Gasteiger charge is -2.34. The average molecular weight is 458 g/mol. The van der Waals surface area contributed by atoms with Gasteiger partial charge in [-0.2, -0.15) is 0 Å². The van der Waals surface area contributed by atoms with E-state index in [2.05, 4.69) is 17.0 Å². The Kier molecular flexibility index (Phi) is 6.24. The predicted molar refractivity (Wildman–Crippen MR) is 114 cm³/mol. The maximum atomic E-state index is 12.5. The Morgan fingerprint density at radius 3 is 2.25 bits per heavy atom. The first-order chi connectivity index (χ1) is 15.4. The summed E-state index contributed by atoms with van der Waals surface area (Å²) in [5.41, 5.74) is 1.22.